The van der Waals surface area contributed by atoms with Crippen LogP contribution < -0.4 is 19.1 Å². The van der Waals surface area contributed by atoms with Gasteiger partial charge in [0.05, 0.1) is 20.3 Å². The van der Waals surface area contributed by atoms with Crippen LogP contribution in [-0.4, -0.2) is 56.0 Å². The Morgan fingerprint density at radius 1 is 0.881 bits per heavy atom. The zero-order valence-corrected chi connectivity index (χ0v) is 25.6. The van der Waals surface area contributed by atoms with Gasteiger partial charge in [-0.25, -0.2) is 0 Å². The van der Waals surface area contributed by atoms with Crippen LogP contribution in [0.1, 0.15) is 80.2 Å². The molecule has 0 amide bonds. The van der Waals surface area contributed by atoms with E-state index in [0.29, 0.717) is 11.7 Å². The van der Waals surface area contributed by atoms with Crippen molar-refractivity contribution >= 4 is 5.69 Å². The minimum atomic E-state index is 0.161. The van der Waals surface area contributed by atoms with Gasteiger partial charge in [-0.2, -0.15) is 0 Å². The minimum absolute atomic E-state index is 0.161. The van der Waals surface area contributed by atoms with Crippen molar-refractivity contribution in [3.63, 3.8) is 0 Å². The van der Waals surface area contributed by atoms with Crippen LogP contribution in [0.2, 0.25) is 0 Å². The Hall–Kier alpha value is -3.38. The summed E-state index contributed by atoms with van der Waals surface area (Å²) in [6.07, 6.45) is 8.38. The summed E-state index contributed by atoms with van der Waals surface area (Å²) in [6, 6.07) is 20.6. The fourth-order valence-corrected chi connectivity index (χ4v) is 7.80. The smallest absolute Gasteiger partial charge is 0.162 e. The Morgan fingerprint density at radius 3 is 2.24 bits per heavy atom. The average molecular weight is 571 g/mol. The lowest BCUT2D eigenvalue weighted by atomic mass is 9.79. The Labute approximate surface area is 251 Å². The van der Waals surface area contributed by atoms with E-state index in [4.69, 9.17) is 14.2 Å². The lowest BCUT2D eigenvalue weighted by Gasteiger charge is -2.36. The molecule has 2 atom stereocenters. The number of fused-ring (bicyclic) bond motifs is 3. The highest BCUT2D eigenvalue weighted by Gasteiger charge is 2.38. The summed E-state index contributed by atoms with van der Waals surface area (Å²) in [6.45, 7) is 7.15. The first-order valence-corrected chi connectivity index (χ1v) is 15.8. The van der Waals surface area contributed by atoms with E-state index >= 15 is 0 Å². The van der Waals surface area contributed by atoms with E-state index in [-0.39, 0.29) is 6.04 Å². The molecule has 0 spiro atoms. The molecule has 0 saturated carbocycles. The van der Waals surface area contributed by atoms with Crippen molar-refractivity contribution in [3.05, 3.63) is 76.9 Å². The fraction of sp³-hybridized carbons (Fsp3) is 0.500. The van der Waals surface area contributed by atoms with Crippen molar-refractivity contribution in [1.29, 1.82) is 0 Å². The second kappa shape index (κ2) is 12.5. The average Bonchev–Trinajstić information content (AvgIpc) is 3.60. The number of nitrogens with zero attached hydrogens (tertiary/aromatic N) is 2. The van der Waals surface area contributed by atoms with Gasteiger partial charge in [-0.15, -0.1) is 0 Å². The molecule has 3 aromatic carbocycles. The number of rotatable bonds is 11. The summed E-state index contributed by atoms with van der Waals surface area (Å²) >= 11 is 0. The largest absolute Gasteiger partial charge is 0.508 e. The Bertz CT molecular complexity index is 1350. The molecule has 2 heterocycles. The van der Waals surface area contributed by atoms with Crippen LogP contribution >= 0.6 is 0 Å². The predicted octanol–water partition coefficient (Wildman–Crippen LogP) is 7.28. The maximum absolute atomic E-state index is 9.99. The summed E-state index contributed by atoms with van der Waals surface area (Å²) in [5, 5.41) is 9.99. The first-order valence-electron chi connectivity index (χ1n) is 15.8. The van der Waals surface area contributed by atoms with Crippen LogP contribution in [-0.2, 0) is 12.8 Å². The number of benzene rings is 3. The zero-order valence-electron chi connectivity index (χ0n) is 25.6. The third-order valence-corrected chi connectivity index (χ3v) is 10.1. The van der Waals surface area contributed by atoms with Crippen molar-refractivity contribution in [3.8, 4) is 23.0 Å². The fourth-order valence-electron chi connectivity index (χ4n) is 7.80. The SMILES string of the molecule is CCN(c1cc(OC)c(OC)cc1[C@@H]1CCc2cc(O)ccc2C1)C(C)c1ccc(OCCN2C3CCC2CC3)cc1. The molecule has 0 radical (unpaired) electrons. The van der Waals surface area contributed by atoms with Gasteiger partial charge >= 0.3 is 0 Å². The molecular weight excluding hydrogens is 524 g/mol. The highest BCUT2D eigenvalue weighted by atomic mass is 16.5. The number of phenols is 1. The normalized spacial score (nSPS) is 22.0. The summed E-state index contributed by atoms with van der Waals surface area (Å²) in [7, 11) is 3.41. The van der Waals surface area contributed by atoms with Crippen molar-refractivity contribution in [1.82, 2.24) is 4.90 Å². The van der Waals surface area contributed by atoms with Crippen LogP contribution in [0.3, 0.4) is 0 Å². The number of aryl methyl sites for hydroxylation is 1. The number of phenolic OH excluding ortho intramolecular Hbond substituents is 1. The van der Waals surface area contributed by atoms with Crippen LogP contribution in [0, 0.1) is 0 Å². The van der Waals surface area contributed by atoms with Gasteiger partial charge in [0.2, 0.25) is 0 Å². The van der Waals surface area contributed by atoms with Gasteiger partial charge in [-0.3, -0.25) is 4.90 Å². The van der Waals surface area contributed by atoms with Crippen molar-refractivity contribution in [2.24, 2.45) is 0 Å². The van der Waals surface area contributed by atoms with E-state index in [9.17, 15) is 5.11 Å². The minimum Gasteiger partial charge on any atom is -0.508 e. The van der Waals surface area contributed by atoms with Gasteiger partial charge in [-0.05, 0) is 117 Å². The van der Waals surface area contributed by atoms with E-state index in [1.165, 1.54) is 53.6 Å². The van der Waals surface area contributed by atoms with Crippen LogP contribution in [0.25, 0.3) is 0 Å². The molecular formula is C36H46N2O4. The monoisotopic (exact) mass is 570 g/mol. The van der Waals surface area contributed by atoms with E-state index in [0.717, 1.165) is 68.3 Å². The topological polar surface area (TPSA) is 54.4 Å². The van der Waals surface area contributed by atoms with Crippen molar-refractivity contribution < 1.29 is 19.3 Å². The summed E-state index contributed by atoms with van der Waals surface area (Å²) in [4.78, 5) is 5.15. The van der Waals surface area contributed by atoms with Gasteiger partial charge in [0.15, 0.2) is 11.5 Å². The second-order valence-electron chi connectivity index (χ2n) is 12.2. The molecule has 1 unspecified atom stereocenters. The molecule has 2 bridgehead atoms. The molecule has 1 aliphatic carbocycles. The van der Waals surface area contributed by atoms with Gasteiger partial charge in [0, 0.05) is 36.9 Å². The first kappa shape index (κ1) is 28.7. The third kappa shape index (κ3) is 5.66. The highest BCUT2D eigenvalue weighted by molar-refractivity contribution is 5.65. The van der Waals surface area contributed by atoms with E-state index in [1.54, 1.807) is 20.3 Å². The standard InChI is InChI=1S/C36H46N2O4/c1-5-37(24(2)25-9-16-32(17-10-25)42-19-18-38-29-11-12-30(38)14-13-29)34-23-36(41-4)35(40-3)22-33(34)28-7-6-27-21-31(39)15-8-26(27)20-28/h8-10,15-17,21-24,28-30,39H,5-7,11-14,18-20H2,1-4H3/t24?,28-,29?,30?/m1/s1. The second-order valence-corrected chi connectivity index (χ2v) is 12.2. The molecule has 3 aromatic rings. The van der Waals surface area contributed by atoms with E-state index in [2.05, 4.69) is 66.1 Å². The predicted molar refractivity (Wildman–Crippen MR) is 169 cm³/mol. The lowest BCUT2D eigenvalue weighted by Crippen LogP contribution is -2.32. The van der Waals surface area contributed by atoms with Crippen LogP contribution in [0.4, 0.5) is 5.69 Å². The molecule has 6 nitrogen and oxygen atoms in total. The van der Waals surface area contributed by atoms with Gasteiger partial charge in [0.25, 0.3) is 0 Å². The summed E-state index contributed by atoms with van der Waals surface area (Å²) in [5.74, 6) is 3.15. The van der Waals surface area contributed by atoms with Gasteiger partial charge < -0.3 is 24.2 Å². The molecule has 2 aliphatic heterocycles. The van der Waals surface area contributed by atoms with Crippen molar-refractivity contribution in [2.45, 2.75) is 82.8 Å². The quantitative estimate of drug-likeness (QED) is 0.262. The number of aromatic hydroxyl groups is 1. The number of hydrogen-bond donors (Lipinski definition) is 1. The first-order chi connectivity index (χ1) is 20.5. The lowest BCUT2D eigenvalue weighted by molar-refractivity contribution is 0.194. The third-order valence-electron chi connectivity index (χ3n) is 10.1. The maximum atomic E-state index is 9.99. The van der Waals surface area contributed by atoms with Crippen molar-refractivity contribution in [2.75, 3.05) is 38.8 Å². The molecule has 1 N–H and O–H groups in total. The van der Waals surface area contributed by atoms with E-state index < -0.39 is 0 Å². The number of hydrogen-bond acceptors (Lipinski definition) is 6. The zero-order chi connectivity index (χ0) is 29.2. The molecule has 224 valence electrons. The van der Waals surface area contributed by atoms with Crippen LogP contribution in [0.15, 0.2) is 54.6 Å². The summed E-state index contributed by atoms with van der Waals surface area (Å²) in [5.41, 5.74) is 6.30. The summed E-state index contributed by atoms with van der Waals surface area (Å²) < 4.78 is 17.7. The molecule has 6 heteroatoms. The van der Waals surface area contributed by atoms with Gasteiger partial charge in [0.1, 0.15) is 18.1 Å². The maximum Gasteiger partial charge on any atom is 0.162 e. The molecule has 3 aliphatic rings. The Balaban J connectivity index is 1.21. The number of anilines is 1. The Morgan fingerprint density at radius 2 is 1.57 bits per heavy atom. The number of methoxy groups -OCH3 is 2. The molecule has 6 rings (SSSR count). The highest BCUT2D eigenvalue weighted by Crippen LogP contribution is 2.45. The molecule has 42 heavy (non-hydrogen) atoms. The molecule has 2 fully saturated rings. The number of ether oxygens (including phenoxy) is 3. The molecule has 0 aromatic heterocycles. The van der Waals surface area contributed by atoms with E-state index in [1.807, 2.05) is 6.07 Å². The van der Waals surface area contributed by atoms with Gasteiger partial charge in [-0.1, -0.05) is 18.2 Å². The van der Waals surface area contributed by atoms with Crippen LogP contribution in [0.5, 0.6) is 23.0 Å². The molecule has 2 saturated heterocycles. The Kier molecular flexibility index (Phi) is 8.53.